The first-order valence-corrected chi connectivity index (χ1v) is 7.11. The zero-order valence-electron chi connectivity index (χ0n) is 12.5. The molecular formula is C16H26N2O. The lowest BCUT2D eigenvalue weighted by Crippen LogP contribution is -2.61. The molecule has 0 aromatic heterocycles. The Kier molecular flexibility index (Phi) is 4.04. The maximum Gasteiger partial charge on any atom is 0.142 e. The summed E-state index contributed by atoms with van der Waals surface area (Å²) in [7, 11) is 3.86. The van der Waals surface area contributed by atoms with Gasteiger partial charge in [0.05, 0.1) is 18.3 Å². The van der Waals surface area contributed by atoms with Crippen molar-refractivity contribution in [2.24, 2.45) is 17.6 Å². The van der Waals surface area contributed by atoms with E-state index in [9.17, 15) is 0 Å². The fourth-order valence-electron chi connectivity index (χ4n) is 3.13. The largest absolute Gasteiger partial charge is 0.495 e. The first-order chi connectivity index (χ1) is 9.04. The summed E-state index contributed by atoms with van der Waals surface area (Å²) < 4.78 is 5.47. The molecule has 0 unspecified atom stereocenters. The van der Waals surface area contributed by atoms with Crippen molar-refractivity contribution in [3.63, 3.8) is 0 Å². The van der Waals surface area contributed by atoms with Crippen LogP contribution in [0.25, 0.3) is 0 Å². The minimum absolute atomic E-state index is 0.101. The molecule has 0 bridgehead atoms. The number of benzene rings is 1. The highest BCUT2D eigenvalue weighted by molar-refractivity contribution is 5.60. The summed E-state index contributed by atoms with van der Waals surface area (Å²) in [4.78, 5) is 2.32. The van der Waals surface area contributed by atoms with Gasteiger partial charge in [0.2, 0.25) is 0 Å². The molecule has 1 fully saturated rings. The van der Waals surface area contributed by atoms with Gasteiger partial charge in [0.1, 0.15) is 5.75 Å². The number of hydrogen-bond acceptors (Lipinski definition) is 3. The molecule has 2 N–H and O–H groups in total. The van der Waals surface area contributed by atoms with Crippen LogP contribution in [0.15, 0.2) is 24.3 Å². The second-order valence-electron chi connectivity index (χ2n) is 6.07. The van der Waals surface area contributed by atoms with Crippen LogP contribution in [0.2, 0.25) is 0 Å². The van der Waals surface area contributed by atoms with Gasteiger partial charge in [-0.25, -0.2) is 0 Å². The Morgan fingerprint density at radius 3 is 2.53 bits per heavy atom. The molecule has 1 aromatic rings. The molecule has 1 saturated carbocycles. The van der Waals surface area contributed by atoms with Crippen LogP contribution in [0.4, 0.5) is 5.69 Å². The molecule has 1 aromatic carbocycles. The van der Waals surface area contributed by atoms with Crippen LogP contribution in [0.3, 0.4) is 0 Å². The highest BCUT2D eigenvalue weighted by Crippen LogP contribution is 2.47. The molecule has 0 saturated heterocycles. The van der Waals surface area contributed by atoms with E-state index in [0.717, 1.165) is 23.3 Å². The monoisotopic (exact) mass is 262 g/mol. The summed E-state index contributed by atoms with van der Waals surface area (Å²) >= 11 is 0. The molecule has 19 heavy (non-hydrogen) atoms. The van der Waals surface area contributed by atoms with Crippen LogP contribution in [-0.4, -0.2) is 26.2 Å². The average molecular weight is 262 g/mol. The van der Waals surface area contributed by atoms with Crippen molar-refractivity contribution in [2.75, 3.05) is 25.6 Å². The number of hydrogen-bond donors (Lipinski definition) is 1. The number of ether oxygens (including phenoxy) is 1. The molecule has 0 amide bonds. The Morgan fingerprint density at radius 2 is 2.00 bits per heavy atom. The fourth-order valence-corrected chi connectivity index (χ4v) is 3.13. The van der Waals surface area contributed by atoms with Crippen LogP contribution in [0.1, 0.15) is 26.7 Å². The van der Waals surface area contributed by atoms with Crippen molar-refractivity contribution in [3.05, 3.63) is 24.3 Å². The first kappa shape index (κ1) is 14.2. The Balaban J connectivity index is 2.20. The van der Waals surface area contributed by atoms with Crippen molar-refractivity contribution in [1.82, 2.24) is 0 Å². The van der Waals surface area contributed by atoms with Crippen molar-refractivity contribution >= 4 is 5.69 Å². The van der Waals surface area contributed by atoms with Crippen molar-refractivity contribution in [3.8, 4) is 5.75 Å². The molecule has 3 heteroatoms. The molecule has 0 spiro atoms. The summed E-state index contributed by atoms with van der Waals surface area (Å²) in [6.07, 6.45) is 2.35. The number of nitrogens with two attached hydrogens (primary N) is 1. The number of rotatable bonds is 5. The number of methoxy groups -OCH3 is 1. The summed E-state index contributed by atoms with van der Waals surface area (Å²) in [5.74, 6) is 2.46. The highest BCUT2D eigenvalue weighted by Gasteiger charge is 2.47. The maximum atomic E-state index is 6.08. The summed E-state index contributed by atoms with van der Waals surface area (Å²) in [5.41, 5.74) is 7.32. The second-order valence-corrected chi connectivity index (χ2v) is 6.07. The molecule has 0 radical (unpaired) electrons. The van der Waals surface area contributed by atoms with Gasteiger partial charge in [-0.05, 0) is 36.8 Å². The first-order valence-electron chi connectivity index (χ1n) is 7.11. The molecule has 106 valence electrons. The summed E-state index contributed by atoms with van der Waals surface area (Å²) in [5, 5.41) is 0. The minimum Gasteiger partial charge on any atom is -0.495 e. The van der Waals surface area contributed by atoms with Crippen LogP contribution in [-0.2, 0) is 0 Å². The predicted octanol–water partition coefficient (Wildman–Crippen LogP) is 2.89. The minimum atomic E-state index is 0.101. The molecule has 1 aliphatic carbocycles. The van der Waals surface area contributed by atoms with E-state index in [2.05, 4.69) is 37.9 Å². The Bertz CT molecular complexity index is 425. The van der Waals surface area contributed by atoms with E-state index in [0.29, 0.717) is 6.54 Å². The van der Waals surface area contributed by atoms with E-state index in [1.807, 2.05) is 12.1 Å². The second kappa shape index (κ2) is 5.41. The lowest BCUT2D eigenvalue weighted by molar-refractivity contribution is 0.107. The van der Waals surface area contributed by atoms with E-state index < -0.39 is 0 Å². The van der Waals surface area contributed by atoms with E-state index in [4.69, 9.17) is 10.5 Å². The van der Waals surface area contributed by atoms with Crippen LogP contribution >= 0.6 is 0 Å². The molecular weight excluding hydrogens is 236 g/mol. The van der Waals surface area contributed by atoms with Gasteiger partial charge < -0.3 is 15.4 Å². The van der Waals surface area contributed by atoms with Gasteiger partial charge in [-0.3, -0.25) is 0 Å². The highest BCUT2D eigenvalue weighted by atomic mass is 16.5. The molecule has 0 aliphatic heterocycles. The Labute approximate surface area is 116 Å². The van der Waals surface area contributed by atoms with Gasteiger partial charge in [0.25, 0.3) is 0 Å². The molecule has 0 heterocycles. The van der Waals surface area contributed by atoms with Crippen molar-refractivity contribution < 1.29 is 4.74 Å². The molecule has 3 nitrogen and oxygen atoms in total. The third-order valence-electron chi connectivity index (χ3n) is 4.77. The zero-order chi connectivity index (χ0) is 14.0. The van der Waals surface area contributed by atoms with Crippen LogP contribution in [0, 0.1) is 11.8 Å². The zero-order valence-corrected chi connectivity index (χ0v) is 12.5. The van der Waals surface area contributed by atoms with Gasteiger partial charge in [-0.15, -0.1) is 0 Å². The number of likely N-dealkylation sites (N-methyl/N-ethyl adjacent to an activating group) is 1. The predicted molar refractivity (Wildman–Crippen MR) is 80.7 cm³/mol. The third kappa shape index (κ3) is 2.44. The maximum absolute atomic E-state index is 6.08. The standard InChI is InChI=1S/C16H26N2O/c1-12(2)13-9-16(10-13,11-17)18(3)14-7-5-6-8-15(14)19-4/h5-8,12-13H,9-11,17H2,1-4H3. The normalized spacial score (nSPS) is 26.1. The van der Waals surface area contributed by atoms with E-state index >= 15 is 0 Å². The third-order valence-corrected chi connectivity index (χ3v) is 4.77. The molecule has 2 rings (SSSR count). The number of para-hydroxylation sites is 2. The van der Waals surface area contributed by atoms with E-state index in [1.54, 1.807) is 7.11 Å². The molecule has 0 atom stereocenters. The van der Waals surface area contributed by atoms with Gasteiger partial charge in [0.15, 0.2) is 0 Å². The lowest BCUT2D eigenvalue weighted by Gasteiger charge is -2.55. The quantitative estimate of drug-likeness (QED) is 0.886. The number of anilines is 1. The summed E-state index contributed by atoms with van der Waals surface area (Å²) in [6, 6.07) is 8.17. The molecule has 1 aliphatic rings. The van der Waals surface area contributed by atoms with Crippen LogP contribution < -0.4 is 15.4 Å². The van der Waals surface area contributed by atoms with Crippen molar-refractivity contribution in [2.45, 2.75) is 32.2 Å². The SMILES string of the molecule is COc1ccccc1N(C)C1(CN)CC(C(C)C)C1. The van der Waals surface area contributed by atoms with Crippen LogP contribution in [0.5, 0.6) is 5.75 Å². The fraction of sp³-hybridized carbons (Fsp3) is 0.625. The van der Waals surface area contributed by atoms with E-state index in [-0.39, 0.29) is 5.54 Å². The van der Waals surface area contributed by atoms with Crippen molar-refractivity contribution in [1.29, 1.82) is 0 Å². The topological polar surface area (TPSA) is 38.5 Å². The Hall–Kier alpha value is -1.22. The van der Waals surface area contributed by atoms with Gasteiger partial charge in [0, 0.05) is 13.6 Å². The summed E-state index contributed by atoms with van der Waals surface area (Å²) in [6.45, 7) is 5.30. The lowest BCUT2D eigenvalue weighted by atomic mass is 9.63. The number of nitrogens with zero attached hydrogens (tertiary/aromatic N) is 1. The van der Waals surface area contributed by atoms with E-state index in [1.165, 1.54) is 12.8 Å². The average Bonchev–Trinajstić information content (AvgIpc) is 2.37. The van der Waals surface area contributed by atoms with Gasteiger partial charge >= 0.3 is 0 Å². The van der Waals surface area contributed by atoms with Gasteiger partial charge in [-0.2, -0.15) is 0 Å². The van der Waals surface area contributed by atoms with Gasteiger partial charge in [-0.1, -0.05) is 26.0 Å². The Morgan fingerprint density at radius 1 is 1.37 bits per heavy atom. The smallest absolute Gasteiger partial charge is 0.142 e.